The van der Waals surface area contributed by atoms with Crippen molar-refractivity contribution in [3.8, 4) is 11.3 Å². The van der Waals surface area contributed by atoms with Crippen molar-refractivity contribution in [3.63, 3.8) is 0 Å². The second kappa shape index (κ2) is 5.47. The molecule has 0 aliphatic carbocycles. The van der Waals surface area contributed by atoms with Crippen LogP contribution in [0.3, 0.4) is 0 Å². The predicted octanol–water partition coefficient (Wildman–Crippen LogP) is 5.79. The standard InChI is InChI=1S/C24H27NO3/c1-21(2,3)24-22(4,5)15-26-23(24,27-28-24)18-12-11-17-13-19(25-20(17)14-18)16-9-7-6-8-10-16/h6-14,25H,15H2,1-5H3. The Morgan fingerprint density at radius 1 is 0.929 bits per heavy atom. The van der Waals surface area contributed by atoms with Crippen molar-refractivity contribution in [1.29, 1.82) is 0 Å². The Kier molecular flexibility index (Phi) is 3.50. The molecule has 4 heteroatoms. The molecule has 3 heterocycles. The molecule has 146 valence electrons. The Labute approximate surface area is 165 Å². The van der Waals surface area contributed by atoms with Gasteiger partial charge in [-0.1, -0.05) is 77.1 Å². The number of aromatic nitrogens is 1. The van der Waals surface area contributed by atoms with Crippen molar-refractivity contribution < 1.29 is 14.5 Å². The van der Waals surface area contributed by atoms with Crippen LogP contribution in [-0.2, 0) is 20.3 Å². The fourth-order valence-electron chi connectivity index (χ4n) is 5.34. The third kappa shape index (κ3) is 2.06. The Morgan fingerprint density at radius 3 is 2.32 bits per heavy atom. The fraction of sp³-hybridized carbons (Fsp3) is 0.417. The Balaban J connectivity index is 1.64. The minimum absolute atomic E-state index is 0.162. The smallest absolute Gasteiger partial charge is 0.261 e. The second-order valence-electron chi connectivity index (χ2n) is 9.74. The van der Waals surface area contributed by atoms with Crippen molar-refractivity contribution in [2.24, 2.45) is 10.8 Å². The average molecular weight is 377 g/mol. The Morgan fingerprint density at radius 2 is 1.68 bits per heavy atom. The zero-order chi connectivity index (χ0) is 19.8. The summed E-state index contributed by atoms with van der Waals surface area (Å²) in [6.45, 7) is 11.6. The lowest BCUT2D eigenvalue weighted by Crippen LogP contribution is -2.73. The van der Waals surface area contributed by atoms with Gasteiger partial charge in [-0.3, -0.25) is 0 Å². The quantitative estimate of drug-likeness (QED) is 0.575. The summed E-state index contributed by atoms with van der Waals surface area (Å²) in [5.41, 5.74) is 3.43. The van der Waals surface area contributed by atoms with Gasteiger partial charge in [-0.15, -0.1) is 0 Å². The van der Waals surface area contributed by atoms with Crippen molar-refractivity contribution >= 4 is 10.9 Å². The molecule has 2 aliphatic heterocycles. The molecule has 28 heavy (non-hydrogen) atoms. The Bertz CT molecular complexity index is 1050. The van der Waals surface area contributed by atoms with Crippen molar-refractivity contribution in [3.05, 3.63) is 60.2 Å². The summed E-state index contributed by atoms with van der Waals surface area (Å²) in [7, 11) is 0. The van der Waals surface area contributed by atoms with Gasteiger partial charge in [0.25, 0.3) is 5.79 Å². The van der Waals surface area contributed by atoms with Crippen LogP contribution in [0.25, 0.3) is 22.2 Å². The molecule has 0 bridgehead atoms. The van der Waals surface area contributed by atoms with E-state index in [1.54, 1.807) is 0 Å². The largest absolute Gasteiger partial charge is 0.355 e. The minimum Gasteiger partial charge on any atom is -0.355 e. The maximum atomic E-state index is 6.35. The molecule has 4 nitrogen and oxygen atoms in total. The van der Waals surface area contributed by atoms with Gasteiger partial charge < -0.3 is 9.72 Å². The van der Waals surface area contributed by atoms with Gasteiger partial charge in [0, 0.05) is 33.0 Å². The van der Waals surface area contributed by atoms with Gasteiger partial charge in [0.05, 0.1) is 6.61 Å². The topological polar surface area (TPSA) is 43.5 Å². The lowest BCUT2D eigenvalue weighted by atomic mass is 9.57. The SMILES string of the molecule is CC(C)(C)C12OOC1(c1ccc3cc(-c4ccccc4)[nH]c3c1)OCC2(C)C. The highest BCUT2D eigenvalue weighted by Crippen LogP contribution is 2.69. The molecule has 0 amide bonds. The number of hydrogen-bond donors (Lipinski definition) is 1. The van der Waals surface area contributed by atoms with Gasteiger partial charge in [0.2, 0.25) is 0 Å². The summed E-state index contributed by atoms with van der Waals surface area (Å²) < 4.78 is 6.35. The van der Waals surface area contributed by atoms with E-state index < -0.39 is 11.4 Å². The lowest BCUT2D eigenvalue weighted by molar-refractivity contribution is -0.626. The summed E-state index contributed by atoms with van der Waals surface area (Å²) in [5.74, 6) is -0.888. The van der Waals surface area contributed by atoms with Crippen molar-refractivity contribution in [1.82, 2.24) is 4.98 Å². The first-order valence-corrected chi connectivity index (χ1v) is 9.90. The summed E-state index contributed by atoms with van der Waals surface area (Å²) in [6, 6.07) is 18.9. The van der Waals surface area contributed by atoms with E-state index in [4.69, 9.17) is 14.5 Å². The van der Waals surface area contributed by atoms with Gasteiger partial charge in [-0.25, -0.2) is 4.89 Å². The number of fused-ring (bicyclic) bond motifs is 2. The van der Waals surface area contributed by atoms with Crippen molar-refractivity contribution in [2.45, 2.75) is 46.0 Å². The zero-order valence-electron chi connectivity index (χ0n) is 17.1. The number of nitrogens with one attached hydrogen (secondary N) is 1. The van der Waals surface area contributed by atoms with Crippen LogP contribution in [0, 0.1) is 10.8 Å². The molecule has 1 N–H and O–H groups in total. The second-order valence-corrected chi connectivity index (χ2v) is 9.74. The zero-order valence-corrected chi connectivity index (χ0v) is 17.1. The predicted molar refractivity (Wildman–Crippen MR) is 110 cm³/mol. The van der Waals surface area contributed by atoms with Gasteiger partial charge in [0.1, 0.15) is 0 Å². The first-order chi connectivity index (χ1) is 13.2. The molecule has 2 aliphatic rings. The van der Waals surface area contributed by atoms with Gasteiger partial charge in [0.15, 0.2) is 5.60 Å². The van der Waals surface area contributed by atoms with E-state index in [0.717, 1.165) is 22.2 Å². The highest BCUT2D eigenvalue weighted by atomic mass is 17.3. The highest BCUT2D eigenvalue weighted by molar-refractivity contribution is 5.86. The number of rotatable bonds is 2. The van der Waals surface area contributed by atoms with Crippen LogP contribution in [0.1, 0.15) is 40.2 Å². The van der Waals surface area contributed by atoms with E-state index in [0.29, 0.717) is 6.61 Å². The maximum Gasteiger partial charge on any atom is 0.261 e. The third-order valence-corrected chi connectivity index (χ3v) is 6.48. The molecule has 0 spiro atoms. The molecular weight excluding hydrogens is 350 g/mol. The molecule has 2 fully saturated rings. The molecule has 1 aromatic heterocycles. The molecule has 0 radical (unpaired) electrons. The number of benzene rings is 2. The van der Waals surface area contributed by atoms with E-state index in [9.17, 15) is 0 Å². The molecule has 0 saturated carbocycles. The lowest BCUT2D eigenvalue weighted by Gasteiger charge is -2.61. The molecule has 5 rings (SSSR count). The number of ether oxygens (including phenoxy) is 1. The number of hydrogen-bond acceptors (Lipinski definition) is 3. The first-order valence-electron chi connectivity index (χ1n) is 9.90. The van der Waals surface area contributed by atoms with Crippen LogP contribution < -0.4 is 0 Å². The van der Waals surface area contributed by atoms with Crippen molar-refractivity contribution in [2.75, 3.05) is 6.61 Å². The maximum absolute atomic E-state index is 6.35. The molecule has 2 saturated heterocycles. The van der Waals surface area contributed by atoms with E-state index in [1.807, 2.05) is 6.07 Å². The molecule has 2 unspecified atom stereocenters. The number of H-pyrrole nitrogens is 1. The monoisotopic (exact) mass is 377 g/mol. The van der Waals surface area contributed by atoms with Gasteiger partial charge in [-0.2, -0.15) is 4.89 Å². The van der Waals surface area contributed by atoms with E-state index >= 15 is 0 Å². The van der Waals surface area contributed by atoms with Crippen LogP contribution in [0.15, 0.2) is 54.6 Å². The van der Waals surface area contributed by atoms with Crippen LogP contribution >= 0.6 is 0 Å². The fourth-order valence-corrected chi connectivity index (χ4v) is 5.34. The van der Waals surface area contributed by atoms with Gasteiger partial charge in [-0.05, 0) is 17.7 Å². The van der Waals surface area contributed by atoms with Crippen LogP contribution in [0.5, 0.6) is 0 Å². The summed E-state index contributed by atoms with van der Waals surface area (Å²) >= 11 is 0. The minimum atomic E-state index is -0.888. The van der Waals surface area contributed by atoms with E-state index in [-0.39, 0.29) is 10.8 Å². The van der Waals surface area contributed by atoms with Crippen LogP contribution in [0.2, 0.25) is 0 Å². The highest BCUT2D eigenvalue weighted by Gasteiger charge is 2.81. The van der Waals surface area contributed by atoms with Gasteiger partial charge >= 0.3 is 0 Å². The molecular formula is C24H27NO3. The summed E-state index contributed by atoms with van der Waals surface area (Å²) in [4.78, 5) is 15.3. The van der Waals surface area contributed by atoms with Crippen LogP contribution in [0.4, 0.5) is 0 Å². The van der Waals surface area contributed by atoms with E-state index in [2.05, 4.69) is 88.1 Å². The third-order valence-electron chi connectivity index (χ3n) is 6.48. The summed E-state index contributed by atoms with van der Waals surface area (Å²) in [6.07, 6.45) is 0. The number of aromatic amines is 1. The molecule has 2 atom stereocenters. The normalized spacial score (nSPS) is 28.9. The molecule has 2 aromatic carbocycles. The van der Waals surface area contributed by atoms with E-state index in [1.165, 1.54) is 5.56 Å². The first kappa shape index (κ1) is 17.9. The summed E-state index contributed by atoms with van der Waals surface area (Å²) in [5, 5.41) is 1.16. The average Bonchev–Trinajstić information content (AvgIpc) is 3.10. The molecule has 3 aromatic rings. The van der Waals surface area contributed by atoms with Crippen LogP contribution in [-0.4, -0.2) is 17.2 Å². The Hall–Kier alpha value is -2.14.